The minimum atomic E-state index is -0.495. The van der Waals surface area contributed by atoms with Gasteiger partial charge in [0.15, 0.2) is 11.6 Å². The Balaban J connectivity index is 2.21. The van der Waals surface area contributed by atoms with E-state index in [4.69, 9.17) is 9.47 Å². The summed E-state index contributed by atoms with van der Waals surface area (Å²) in [5, 5.41) is 4.47. The van der Waals surface area contributed by atoms with E-state index in [9.17, 15) is 9.18 Å². The number of benzene rings is 2. The molecule has 0 bridgehead atoms. The van der Waals surface area contributed by atoms with Crippen molar-refractivity contribution in [3.63, 3.8) is 0 Å². The van der Waals surface area contributed by atoms with Crippen LogP contribution in [0.2, 0.25) is 0 Å². The van der Waals surface area contributed by atoms with Crippen LogP contribution < -0.4 is 15.0 Å². The molecule has 0 saturated carbocycles. The molecule has 0 aliphatic rings. The lowest BCUT2D eigenvalue weighted by Crippen LogP contribution is -2.22. The van der Waals surface area contributed by atoms with Crippen molar-refractivity contribution in [1.82, 2.24) is 9.78 Å². The largest absolute Gasteiger partial charge is 0.497 e. The maximum absolute atomic E-state index is 14.2. The van der Waals surface area contributed by atoms with Crippen molar-refractivity contribution in [2.75, 3.05) is 14.2 Å². The van der Waals surface area contributed by atoms with Crippen molar-refractivity contribution in [2.45, 2.75) is 13.5 Å². The molecule has 0 unspecified atom stereocenters. The van der Waals surface area contributed by atoms with Gasteiger partial charge in [0.1, 0.15) is 5.75 Å². The Labute approximate surface area is 150 Å². The second kappa shape index (κ2) is 7.39. The molecule has 134 valence electrons. The predicted octanol–water partition coefficient (Wildman–Crippen LogP) is 3.75. The van der Waals surface area contributed by atoms with Crippen LogP contribution in [0.5, 0.6) is 11.5 Å². The van der Waals surface area contributed by atoms with Gasteiger partial charge in [-0.2, -0.15) is 5.10 Å². The SMILES string of the molecule is CCn1nc(-c2ccc(OC)cc2)c(-c2ccc(OC)c(F)c2)cc1=O. The molecule has 0 aliphatic heterocycles. The van der Waals surface area contributed by atoms with E-state index in [-0.39, 0.29) is 11.3 Å². The summed E-state index contributed by atoms with van der Waals surface area (Å²) >= 11 is 0. The monoisotopic (exact) mass is 354 g/mol. The molecular formula is C20H19FN2O3. The minimum Gasteiger partial charge on any atom is -0.497 e. The van der Waals surface area contributed by atoms with Crippen molar-refractivity contribution in [3.05, 3.63) is 64.7 Å². The molecule has 6 heteroatoms. The van der Waals surface area contributed by atoms with Crippen LogP contribution in [-0.2, 0) is 6.54 Å². The van der Waals surface area contributed by atoms with Crippen molar-refractivity contribution in [2.24, 2.45) is 0 Å². The Morgan fingerprint density at radius 1 is 1.00 bits per heavy atom. The standard InChI is InChI=1S/C20H19FN2O3/c1-4-23-19(24)12-16(14-7-10-18(26-3)17(21)11-14)20(22-23)13-5-8-15(25-2)9-6-13/h5-12H,4H2,1-3H3. The number of rotatable bonds is 5. The number of hydrogen-bond acceptors (Lipinski definition) is 4. The zero-order valence-electron chi connectivity index (χ0n) is 14.8. The van der Waals surface area contributed by atoms with Crippen LogP contribution in [0, 0.1) is 5.82 Å². The van der Waals surface area contributed by atoms with E-state index in [2.05, 4.69) is 5.10 Å². The molecule has 0 radical (unpaired) electrons. The molecule has 26 heavy (non-hydrogen) atoms. The molecule has 2 aromatic carbocycles. The lowest BCUT2D eigenvalue weighted by atomic mass is 9.99. The van der Waals surface area contributed by atoms with E-state index in [1.165, 1.54) is 30.0 Å². The van der Waals surface area contributed by atoms with Crippen LogP contribution in [0.4, 0.5) is 4.39 Å². The number of methoxy groups -OCH3 is 2. The average molecular weight is 354 g/mol. The number of aryl methyl sites for hydroxylation is 1. The molecule has 3 aromatic rings. The molecule has 0 aliphatic carbocycles. The minimum absolute atomic E-state index is 0.148. The fraction of sp³-hybridized carbons (Fsp3) is 0.200. The highest BCUT2D eigenvalue weighted by atomic mass is 19.1. The highest BCUT2D eigenvalue weighted by Gasteiger charge is 2.15. The third-order valence-electron chi connectivity index (χ3n) is 4.12. The molecule has 1 heterocycles. The van der Waals surface area contributed by atoms with E-state index in [0.29, 0.717) is 23.4 Å². The summed E-state index contributed by atoms with van der Waals surface area (Å²) in [6.07, 6.45) is 0. The third kappa shape index (κ3) is 3.31. The third-order valence-corrected chi connectivity index (χ3v) is 4.12. The molecule has 0 spiro atoms. The fourth-order valence-corrected chi connectivity index (χ4v) is 2.73. The van der Waals surface area contributed by atoms with Gasteiger partial charge in [0.2, 0.25) is 0 Å². The Morgan fingerprint density at radius 3 is 2.27 bits per heavy atom. The van der Waals surface area contributed by atoms with E-state index >= 15 is 0 Å². The van der Waals surface area contributed by atoms with Crippen molar-refractivity contribution in [3.8, 4) is 33.9 Å². The van der Waals surface area contributed by atoms with Gasteiger partial charge in [-0.15, -0.1) is 0 Å². The topological polar surface area (TPSA) is 53.4 Å². The Hall–Kier alpha value is -3.15. The number of aromatic nitrogens is 2. The van der Waals surface area contributed by atoms with Crippen LogP contribution in [-0.4, -0.2) is 24.0 Å². The smallest absolute Gasteiger partial charge is 0.267 e. The molecule has 0 atom stereocenters. The molecule has 0 fully saturated rings. The molecule has 5 nitrogen and oxygen atoms in total. The van der Waals surface area contributed by atoms with Gasteiger partial charge in [0.05, 0.1) is 19.9 Å². The molecule has 0 amide bonds. The number of halogens is 1. The van der Waals surface area contributed by atoms with Gasteiger partial charge in [-0.05, 0) is 48.9 Å². The zero-order valence-corrected chi connectivity index (χ0v) is 14.8. The van der Waals surface area contributed by atoms with Crippen LogP contribution >= 0.6 is 0 Å². The number of nitrogens with zero attached hydrogens (tertiary/aromatic N) is 2. The van der Waals surface area contributed by atoms with E-state index in [1.54, 1.807) is 13.2 Å². The maximum Gasteiger partial charge on any atom is 0.267 e. The zero-order chi connectivity index (χ0) is 18.7. The quantitative estimate of drug-likeness (QED) is 0.700. The normalized spacial score (nSPS) is 10.6. The second-order valence-corrected chi connectivity index (χ2v) is 5.64. The summed E-state index contributed by atoms with van der Waals surface area (Å²) < 4.78 is 25.7. The summed E-state index contributed by atoms with van der Waals surface area (Å²) in [5.74, 6) is 0.370. The van der Waals surface area contributed by atoms with Crippen molar-refractivity contribution in [1.29, 1.82) is 0 Å². The first kappa shape index (κ1) is 17.7. The van der Waals surface area contributed by atoms with Gasteiger partial charge in [0.25, 0.3) is 5.56 Å². The van der Waals surface area contributed by atoms with Crippen LogP contribution in [0.15, 0.2) is 53.3 Å². The molecule has 0 N–H and O–H groups in total. The molecule has 1 aromatic heterocycles. The highest BCUT2D eigenvalue weighted by Crippen LogP contribution is 2.32. The second-order valence-electron chi connectivity index (χ2n) is 5.64. The number of ether oxygens (including phenoxy) is 2. The summed E-state index contributed by atoms with van der Waals surface area (Å²) in [7, 11) is 3.00. The first-order chi connectivity index (χ1) is 12.6. The van der Waals surface area contributed by atoms with E-state index in [0.717, 1.165) is 11.3 Å². The first-order valence-electron chi connectivity index (χ1n) is 8.18. The highest BCUT2D eigenvalue weighted by molar-refractivity contribution is 5.80. The van der Waals surface area contributed by atoms with Crippen molar-refractivity contribution < 1.29 is 13.9 Å². The van der Waals surface area contributed by atoms with E-state index < -0.39 is 5.82 Å². The Kier molecular flexibility index (Phi) is 5.02. The van der Waals surface area contributed by atoms with E-state index in [1.807, 2.05) is 31.2 Å². The molecular weight excluding hydrogens is 335 g/mol. The lowest BCUT2D eigenvalue weighted by molar-refractivity contribution is 0.386. The van der Waals surface area contributed by atoms with Crippen LogP contribution in [0.3, 0.4) is 0 Å². The Morgan fingerprint density at radius 2 is 1.69 bits per heavy atom. The summed E-state index contributed by atoms with van der Waals surface area (Å²) in [6, 6.07) is 13.4. The number of hydrogen-bond donors (Lipinski definition) is 0. The summed E-state index contributed by atoms with van der Waals surface area (Å²) in [4.78, 5) is 12.3. The van der Waals surface area contributed by atoms with Gasteiger partial charge in [-0.1, -0.05) is 6.07 Å². The van der Waals surface area contributed by atoms with Gasteiger partial charge < -0.3 is 9.47 Å². The molecule has 0 saturated heterocycles. The van der Waals surface area contributed by atoms with Gasteiger partial charge in [-0.25, -0.2) is 9.07 Å². The van der Waals surface area contributed by atoms with Crippen molar-refractivity contribution >= 4 is 0 Å². The predicted molar refractivity (Wildman–Crippen MR) is 98.1 cm³/mol. The van der Waals surface area contributed by atoms with Crippen LogP contribution in [0.25, 0.3) is 22.4 Å². The van der Waals surface area contributed by atoms with Gasteiger partial charge in [-0.3, -0.25) is 4.79 Å². The van der Waals surface area contributed by atoms with Crippen LogP contribution in [0.1, 0.15) is 6.92 Å². The Bertz CT molecular complexity index is 981. The lowest BCUT2D eigenvalue weighted by Gasteiger charge is -2.13. The summed E-state index contributed by atoms with van der Waals surface area (Å²) in [5.41, 5.74) is 2.28. The summed E-state index contributed by atoms with van der Waals surface area (Å²) in [6.45, 7) is 2.29. The van der Waals surface area contributed by atoms with Gasteiger partial charge in [0, 0.05) is 23.7 Å². The first-order valence-corrected chi connectivity index (χ1v) is 8.18. The average Bonchev–Trinajstić information content (AvgIpc) is 2.67. The molecule has 3 rings (SSSR count). The maximum atomic E-state index is 14.2. The van der Waals surface area contributed by atoms with Gasteiger partial charge >= 0.3 is 0 Å². The fourth-order valence-electron chi connectivity index (χ4n) is 2.73.